The number of alkyl halides is 3. The van der Waals surface area contributed by atoms with E-state index >= 15 is 21.6 Å². The van der Waals surface area contributed by atoms with Crippen molar-refractivity contribution in [2.45, 2.75) is 68.4 Å². The molecule has 0 atom stereocenters. The minimum Gasteiger partial charge on any atom is -0.497 e. The second-order valence-corrected chi connectivity index (χ2v) is 14.7. The van der Waals surface area contributed by atoms with Gasteiger partial charge in [0, 0.05) is 18.7 Å². The molecule has 5 aromatic rings. The predicted octanol–water partition coefficient (Wildman–Crippen LogP) is 6.84. The monoisotopic (exact) mass is 751 g/mol. The Bertz CT molecular complexity index is 2050. The van der Waals surface area contributed by atoms with E-state index in [1.54, 1.807) is 79.9 Å². The number of benzene rings is 4. The van der Waals surface area contributed by atoms with Crippen LogP contribution in [0.15, 0.2) is 89.8 Å². The molecule has 11 nitrogen and oxygen atoms in total. The maximum atomic E-state index is 15.1. The number of rotatable bonds is 13. The average Bonchev–Trinajstić information content (AvgIpc) is 3.63. The molecule has 1 aromatic heterocycles. The van der Waals surface area contributed by atoms with Crippen LogP contribution in [0.3, 0.4) is 0 Å². The Morgan fingerprint density at radius 2 is 1.25 bits per heavy atom. The van der Waals surface area contributed by atoms with Gasteiger partial charge in [0.15, 0.2) is 0 Å². The van der Waals surface area contributed by atoms with Gasteiger partial charge in [0.05, 0.1) is 39.5 Å². The molecule has 1 saturated carbocycles. The number of aliphatic hydroxyl groups is 1. The first kappa shape index (κ1) is 37.8. The van der Waals surface area contributed by atoms with Crippen molar-refractivity contribution < 1.29 is 40.9 Å². The summed E-state index contributed by atoms with van der Waals surface area (Å²) in [5, 5.41) is 23.1. The van der Waals surface area contributed by atoms with E-state index in [4.69, 9.17) is 14.2 Å². The van der Waals surface area contributed by atoms with Gasteiger partial charge < -0.3 is 19.3 Å². The first-order valence-corrected chi connectivity index (χ1v) is 18.4. The fraction of sp³-hybridized carbons (Fsp3) is 0.342. The molecule has 1 fully saturated rings. The number of tetrazole rings is 1. The highest BCUT2D eigenvalue weighted by atomic mass is 32.2. The lowest BCUT2D eigenvalue weighted by atomic mass is 9.80. The summed E-state index contributed by atoms with van der Waals surface area (Å²) in [5.41, 5.74) is 0.572. The lowest BCUT2D eigenvalue weighted by molar-refractivity contribution is -0.139. The molecule has 0 unspecified atom stereocenters. The van der Waals surface area contributed by atoms with E-state index in [2.05, 4.69) is 15.4 Å². The van der Waals surface area contributed by atoms with Crippen LogP contribution in [-0.2, 0) is 35.8 Å². The Morgan fingerprint density at radius 3 is 1.72 bits per heavy atom. The number of methoxy groups -OCH3 is 3. The third kappa shape index (κ3) is 8.64. The zero-order valence-corrected chi connectivity index (χ0v) is 30.3. The molecule has 15 heteroatoms. The summed E-state index contributed by atoms with van der Waals surface area (Å²) >= 11 is 0. The molecule has 0 spiro atoms. The van der Waals surface area contributed by atoms with Crippen molar-refractivity contribution in [2.75, 3.05) is 21.3 Å². The quantitative estimate of drug-likeness (QED) is 0.138. The SMILES string of the molecule is COc1ccc(CN(Cc2ccc(OC)cc2)S(=O)(=O)c2c(C(F)(F)F)ccc(C3CCC(O)CC3)c2-c2nnn(Cc3ccc(OC)cc3)n2)cc1. The molecular formula is C38H40F3N5O6S. The van der Waals surface area contributed by atoms with Gasteiger partial charge in [-0.1, -0.05) is 42.5 Å². The van der Waals surface area contributed by atoms with Crippen molar-refractivity contribution in [1.29, 1.82) is 0 Å². The zero-order chi connectivity index (χ0) is 37.8. The molecule has 0 bridgehead atoms. The van der Waals surface area contributed by atoms with Crippen molar-refractivity contribution in [3.05, 3.63) is 113 Å². The Labute approximate surface area is 306 Å². The number of halogens is 3. The van der Waals surface area contributed by atoms with Gasteiger partial charge in [-0.05, 0) is 102 Å². The molecular weight excluding hydrogens is 712 g/mol. The van der Waals surface area contributed by atoms with E-state index in [1.807, 2.05) is 0 Å². The molecule has 1 aliphatic rings. The van der Waals surface area contributed by atoms with E-state index in [0.717, 1.165) is 15.9 Å². The summed E-state index contributed by atoms with van der Waals surface area (Å²) in [4.78, 5) is 0.272. The van der Waals surface area contributed by atoms with Gasteiger partial charge in [-0.3, -0.25) is 0 Å². The van der Waals surface area contributed by atoms with Gasteiger partial charge in [0.25, 0.3) is 0 Å². The summed E-state index contributed by atoms with van der Waals surface area (Å²) < 4.78 is 92.4. The minimum atomic E-state index is -5.07. The predicted molar refractivity (Wildman–Crippen MR) is 190 cm³/mol. The van der Waals surface area contributed by atoms with Crippen molar-refractivity contribution in [3.63, 3.8) is 0 Å². The van der Waals surface area contributed by atoms with Crippen LogP contribution in [0.5, 0.6) is 17.2 Å². The Balaban J connectivity index is 1.53. The summed E-state index contributed by atoms with van der Waals surface area (Å²) in [6.07, 6.45) is -3.94. The number of sulfonamides is 1. The molecule has 0 amide bonds. The van der Waals surface area contributed by atoms with E-state index in [9.17, 15) is 5.11 Å². The fourth-order valence-corrected chi connectivity index (χ4v) is 8.40. The lowest BCUT2D eigenvalue weighted by Crippen LogP contribution is -2.33. The molecule has 6 rings (SSSR count). The number of hydrogen-bond acceptors (Lipinski definition) is 9. The van der Waals surface area contributed by atoms with Gasteiger partial charge in [0.1, 0.15) is 22.1 Å². The Morgan fingerprint density at radius 1 is 0.755 bits per heavy atom. The van der Waals surface area contributed by atoms with Crippen molar-refractivity contribution in [1.82, 2.24) is 24.5 Å². The molecule has 4 aromatic carbocycles. The standard InChI is InChI=1S/C38H40F3N5O6S/c1-50-30-14-4-25(5-15-30)22-45(23-26-6-16-31(51-2)17-7-26)53(48,49)36-34(38(39,40)41)21-20-33(28-10-12-29(47)13-11-28)35(36)37-42-44-46(43-37)24-27-8-18-32(52-3)19-9-27/h4-9,14-21,28-29,47H,10-13,22-24H2,1-3H3. The first-order chi connectivity index (χ1) is 25.4. The number of nitrogens with zero attached hydrogens (tertiary/aromatic N) is 5. The third-order valence-corrected chi connectivity index (χ3v) is 11.3. The maximum Gasteiger partial charge on any atom is 0.417 e. The highest BCUT2D eigenvalue weighted by Gasteiger charge is 2.43. The molecule has 53 heavy (non-hydrogen) atoms. The first-order valence-electron chi connectivity index (χ1n) is 17.0. The number of hydrogen-bond donors (Lipinski definition) is 1. The normalized spacial score (nSPS) is 16.5. The van der Waals surface area contributed by atoms with Crippen LogP contribution in [0.4, 0.5) is 13.2 Å². The Hall–Kier alpha value is -4.99. The summed E-state index contributed by atoms with van der Waals surface area (Å²) in [6.45, 7) is -0.400. The van der Waals surface area contributed by atoms with Crippen molar-refractivity contribution in [2.24, 2.45) is 0 Å². The highest BCUT2D eigenvalue weighted by Crippen LogP contribution is 2.46. The minimum absolute atomic E-state index is 0.115. The molecule has 1 heterocycles. The fourth-order valence-electron chi connectivity index (χ4n) is 6.58. The average molecular weight is 752 g/mol. The van der Waals surface area contributed by atoms with Gasteiger partial charge in [0.2, 0.25) is 15.8 Å². The van der Waals surface area contributed by atoms with Crippen LogP contribution in [-0.4, -0.2) is 65.5 Å². The lowest BCUT2D eigenvalue weighted by Gasteiger charge is -2.30. The summed E-state index contributed by atoms with van der Waals surface area (Å²) in [6, 6.07) is 22.5. The highest BCUT2D eigenvalue weighted by molar-refractivity contribution is 7.89. The molecule has 1 N–H and O–H groups in total. The molecule has 0 aliphatic heterocycles. The second-order valence-electron chi connectivity index (χ2n) is 12.9. The van der Waals surface area contributed by atoms with E-state index in [0.29, 0.717) is 59.6 Å². The van der Waals surface area contributed by atoms with Crippen LogP contribution in [0.1, 0.15) is 59.4 Å². The maximum absolute atomic E-state index is 15.1. The second kappa shape index (κ2) is 15.9. The van der Waals surface area contributed by atoms with Gasteiger partial charge in [-0.15, -0.1) is 10.2 Å². The largest absolute Gasteiger partial charge is 0.497 e. The molecule has 280 valence electrons. The van der Waals surface area contributed by atoms with Crippen LogP contribution < -0.4 is 14.2 Å². The molecule has 0 radical (unpaired) electrons. The molecule has 1 aliphatic carbocycles. The van der Waals surface area contributed by atoms with Gasteiger partial charge in [-0.25, -0.2) is 8.42 Å². The van der Waals surface area contributed by atoms with Gasteiger partial charge >= 0.3 is 6.18 Å². The third-order valence-electron chi connectivity index (χ3n) is 9.43. The summed E-state index contributed by atoms with van der Waals surface area (Å²) in [5.74, 6) is 1.09. The van der Waals surface area contributed by atoms with Gasteiger partial charge in [-0.2, -0.15) is 22.3 Å². The van der Waals surface area contributed by atoms with Crippen LogP contribution in [0, 0.1) is 0 Å². The summed E-state index contributed by atoms with van der Waals surface area (Å²) in [7, 11) is -0.444. The van der Waals surface area contributed by atoms with E-state index in [1.165, 1.54) is 25.1 Å². The topological polar surface area (TPSA) is 129 Å². The number of aliphatic hydroxyl groups excluding tert-OH is 1. The van der Waals surface area contributed by atoms with E-state index in [-0.39, 0.29) is 36.9 Å². The van der Waals surface area contributed by atoms with Crippen LogP contribution >= 0.6 is 0 Å². The number of ether oxygens (including phenoxy) is 3. The zero-order valence-electron chi connectivity index (χ0n) is 29.5. The molecule has 0 saturated heterocycles. The smallest absolute Gasteiger partial charge is 0.417 e. The Kier molecular flexibility index (Phi) is 11.4. The number of aromatic nitrogens is 4. The van der Waals surface area contributed by atoms with E-state index < -0.39 is 32.8 Å². The van der Waals surface area contributed by atoms with Crippen LogP contribution in [0.25, 0.3) is 11.4 Å². The van der Waals surface area contributed by atoms with Crippen molar-refractivity contribution in [3.8, 4) is 28.6 Å². The van der Waals surface area contributed by atoms with Crippen molar-refractivity contribution >= 4 is 10.0 Å². The van der Waals surface area contributed by atoms with Crippen LogP contribution in [0.2, 0.25) is 0 Å².